The zero-order valence-corrected chi connectivity index (χ0v) is 11.6. The van der Waals surface area contributed by atoms with Crippen molar-refractivity contribution >= 4 is 17.2 Å². The monoisotopic (exact) mass is 318 g/mol. The van der Waals surface area contributed by atoms with E-state index in [1.54, 1.807) is 12.3 Å². The second-order valence-corrected chi connectivity index (χ2v) is 5.27. The Kier molecular flexibility index (Phi) is 4.26. The highest BCUT2D eigenvalue weighted by atomic mass is 32.1. The third-order valence-electron chi connectivity index (χ3n) is 2.65. The number of carbonyl (C=O) groups excluding carboxylic acids is 1. The zero-order valence-electron chi connectivity index (χ0n) is 10.8. The van der Waals surface area contributed by atoms with E-state index in [-0.39, 0.29) is 6.54 Å². The highest BCUT2D eigenvalue weighted by Gasteiger charge is 2.35. The van der Waals surface area contributed by atoms with Gasteiger partial charge in [-0.05, 0) is 19.1 Å². The molecule has 0 radical (unpaired) electrons. The first-order valence-corrected chi connectivity index (χ1v) is 6.72. The zero-order chi connectivity index (χ0) is 15.6. The molecule has 0 aliphatic rings. The lowest BCUT2D eigenvalue weighted by Crippen LogP contribution is -2.25. The molecular weight excluding hydrogens is 308 g/mol. The molecule has 1 aromatic carbocycles. The predicted octanol–water partition coefficient (Wildman–Crippen LogP) is 3.54. The maximum absolute atomic E-state index is 13.8. The van der Waals surface area contributed by atoms with Crippen LogP contribution in [0.25, 0.3) is 0 Å². The Bertz CT molecular complexity index is 666. The molecule has 0 saturated heterocycles. The standard InChI is InChI=1S/C13H10F4N2OS/c1-7-19-8(6-21-7)5-18-12(20)9-3-2-4-10(11(9)14)13(15,16)17/h2-4,6H,5H2,1H3,(H,18,20). The van der Waals surface area contributed by atoms with Crippen LogP contribution in [0.4, 0.5) is 17.6 Å². The van der Waals surface area contributed by atoms with E-state index in [9.17, 15) is 22.4 Å². The van der Waals surface area contributed by atoms with Crippen LogP contribution in [0, 0.1) is 12.7 Å². The number of nitrogens with zero attached hydrogens (tertiary/aromatic N) is 1. The molecule has 0 aliphatic heterocycles. The molecule has 1 amide bonds. The SMILES string of the molecule is Cc1nc(CNC(=O)c2cccc(C(F)(F)F)c2F)cs1. The molecule has 0 atom stereocenters. The van der Waals surface area contributed by atoms with Gasteiger partial charge in [0.2, 0.25) is 0 Å². The van der Waals surface area contributed by atoms with E-state index in [2.05, 4.69) is 10.3 Å². The number of amides is 1. The van der Waals surface area contributed by atoms with Gasteiger partial charge >= 0.3 is 6.18 Å². The van der Waals surface area contributed by atoms with Crippen molar-refractivity contribution in [1.82, 2.24) is 10.3 Å². The molecule has 3 nitrogen and oxygen atoms in total. The fourth-order valence-corrected chi connectivity index (χ4v) is 2.29. The Morgan fingerprint density at radius 1 is 1.38 bits per heavy atom. The summed E-state index contributed by atoms with van der Waals surface area (Å²) in [4.78, 5) is 15.9. The van der Waals surface area contributed by atoms with E-state index in [1.165, 1.54) is 11.3 Å². The Morgan fingerprint density at radius 3 is 2.67 bits per heavy atom. The van der Waals surface area contributed by atoms with Gasteiger partial charge in [0, 0.05) is 5.38 Å². The number of hydrogen-bond acceptors (Lipinski definition) is 3. The Hall–Kier alpha value is -1.96. The molecule has 0 aliphatic carbocycles. The molecule has 2 aromatic rings. The number of halogens is 4. The largest absolute Gasteiger partial charge is 0.419 e. The van der Waals surface area contributed by atoms with Crippen molar-refractivity contribution in [3.8, 4) is 0 Å². The van der Waals surface area contributed by atoms with Crippen LogP contribution in [-0.4, -0.2) is 10.9 Å². The molecule has 0 fully saturated rings. The van der Waals surface area contributed by atoms with Crippen molar-refractivity contribution in [3.05, 3.63) is 51.2 Å². The lowest BCUT2D eigenvalue weighted by molar-refractivity contribution is -0.140. The minimum atomic E-state index is -4.84. The van der Waals surface area contributed by atoms with Gasteiger partial charge in [0.15, 0.2) is 0 Å². The summed E-state index contributed by atoms with van der Waals surface area (Å²) >= 11 is 1.38. The molecular formula is C13H10F4N2OS. The first kappa shape index (κ1) is 15.4. The van der Waals surface area contributed by atoms with Crippen LogP contribution < -0.4 is 5.32 Å². The molecule has 112 valence electrons. The summed E-state index contributed by atoms with van der Waals surface area (Å²) in [5.41, 5.74) is -1.53. The van der Waals surface area contributed by atoms with Crippen LogP contribution in [-0.2, 0) is 12.7 Å². The number of alkyl halides is 3. The van der Waals surface area contributed by atoms with Gasteiger partial charge in [-0.2, -0.15) is 13.2 Å². The average molecular weight is 318 g/mol. The number of hydrogen-bond donors (Lipinski definition) is 1. The van der Waals surface area contributed by atoms with E-state index in [4.69, 9.17) is 0 Å². The normalized spacial score (nSPS) is 11.5. The van der Waals surface area contributed by atoms with Gasteiger partial charge in [0.05, 0.1) is 28.4 Å². The Morgan fingerprint density at radius 2 is 2.10 bits per heavy atom. The van der Waals surface area contributed by atoms with E-state index >= 15 is 0 Å². The summed E-state index contributed by atoms with van der Waals surface area (Å²) in [6.07, 6.45) is -4.84. The molecule has 8 heteroatoms. The fourth-order valence-electron chi connectivity index (χ4n) is 1.68. The van der Waals surface area contributed by atoms with Crippen LogP contribution >= 0.6 is 11.3 Å². The Labute approximate surface area is 121 Å². The minimum Gasteiger partial charge on any atom is -0.346 e. The molecule has 0 spiro atoms. The molecule has 1 aromatic heterocycles. The summed E-state index contributed by atoms with van der Waals surface area (Å²) in [6.45, 7) is 1.81. The van der Waals surface area contributed by atoms with Gasteiger partial charge in [-0.15, -0.1) is 11.3 Å². The number of thiazole rings is 1. The van der Waals surface area contributed by atoms with Gasteiger partial charge < -0.3 is 5.32 Å². The second kappa shape index (κ2) is 5.80. The first-order chi connectivity index (χ1) is 9.79. The smallest absolute Gasteiger partial charge is 0.346 e. The molecule has 2 rings (SSSR count). The summed E-state index contributed by atoms with van der Waals surface area (Å²) in [5.74, 6) is -2.48. The predicted molar refractivity (Wildman–Crippen MR) is 69.4 cm³/mol. The quantitative estimate of drug-likeness (QED) is 0.880. The highest BCUT2D eigenvalue weighted by molar-refractivity contribution is 7.09. The highest BCUT2D eigenvalue weighted by Crippen LogP contribution is 2.32. The number of benzene rings is 1. The van der Waals surface area contributed by atoms with Crippen molar-refractivity contribution in [3.63, 3.8) is 0 Å². The topological polar surface area (TPSA) is 42.0 Å². The maximum atomic E-state index is 13.8. The number of nitrogens with one attached hydrogen (secondary N) is 1. The first-order valence-electron chi connectivity index (χ1n) is 5.84. The van der Waals surface area contributed by atoms with Gasteiger partial charge in [-0.3, -0.25) is 4.79 Å². The third-order valence-corrected chi connectivity index (χ3v) is 3.47. The molecule has 0 saturated carbocycles. The van der Waals surface area contributed by atoms with Crippen molar-refractivity contribution in [1.29, 1.82) is 0 Å². The molecule has 0 unspecified atom stereocenters. The van der Waals surface area contributed by atoms with Crippen LogP contribution in [0.2, 0.25) is 0 Å². The average Bonchev–Trinajstić information content (AvgIpc) is 2.80. The second-order valence-electron chi connectivity index (χ2n) is 4.21. The van der Waals surface area contributed by atoms with Gasteiger partial charge in [0.1, 0.15) is 5.82 Å². The van der Waals surface area contributed by atoms with Gasteiger partial charge in [-0.25, -0.2) is 9.37 Å². The van der Waals surface area contributed by atoms with Crippen LogP contribution in [0.3, 0.4) is 0 Å². The van der Waals surface area contributed by atoms with Crippen molar-refractivity contribution in [2.75, 3.05) is 0 Å². The Balaban J connectivity index is 2.16. The van der Waals surface area contributed by atoms with Crippen LogP contribution in [0.15, 0.2) is 23.6 Å². The summed E-state index contributed by atoms with van der Waals surface area (Å²) in [6, 6.07) is 2.59. The maximum Gasteiger partial charge on any atom is 0.419 e. The van der Waals surface area contributed by atoms with Crippen molar-refractivity contribution in [2.45, 2.75) is 19.6 Å². The van der Waals surface area contributed by atoms with Crippen LogP contribution in [0.5, 0.6) is 0 Å². The van der Waals surface area contributed by atoms with Crippen molar-refractivity contribution in [2.24, 2.45) is 0 Å². The van der Waals surface area contributed by atoms with E-state index < -0.39 is 29.0 Å². The van der Waals surface area contributed by atoms with Gasteiger partial charge in [0.25, 0.3) is 5.91 Å². The van der Waals surface area contributed by atoms with E-state index in [1.807, 2.05) is 0 Å². The summed E-state index contributed by atoms with van der Waals surface area (Å²) in [7, 11) is 0. The van der Waals surface area contributed by atoms with E-state index in [0.717, 1.165) is 17.1 Å². The van der Waals surface area contributed by atoms with Crippen molar-refractivity contribution < 1.29 is 22.4 Å². The lowest BCUT2D eigenvalue weighted by atomic mass is 10.1. The number of aromatic nitrogens is 1. The van der Waals surface area contributed by atoms with E-state index in [0.29, 0.717) is 11.8 Å². The fraction of sp³-hybridized carbons (Fsp3) is 0.231. The molecule has 1 heterocycles. The molecule has 0 bridgehead atoms. The number of aryl methyl sites for hydroxylation is 1. The number of carbonyl (C=O) groups is 1. The minimum absolute atomic E-state index is 0.0266. The van der Waals surface area contributed by atoms with Crippen LogP contribution in [0.1, 0.15) is 26.6 Å². The molecule has 21 heavy (non-hydrogen) atoms. The lowest BCUT2D eigenvalue weighted by Gasteiger charge is -2.11. The van der Waals surface area contributed by atoms with Gasteiger partial charge in [-0.1, -0.05) is 6.07 Å². The third kappa shape index (κ3) is 3.57. The summed E-state index contributed by atoms with van der Waals surface area (Å²) < 4.78 is 51.5. The molecule has 1 N–H and O–H groups in total. The summed E-state index contributed by atoms with van der Waals surface area (Å²) in [5, 5.41) is 4.85. The number of rotatable bonds is 3.